The number of carbonyl (C=O) groups excluding carboxylic acids is 1. The number of allylic oxidation sites excluding steroid dienone is 1. The van der Waals surface area contributed by atoms with Crippen molar-refractivity contribution in [3.8, 4) is 0 Å². The van der Waals surface area contributed by atoms with Gasteiger partial charge in [-0.05, 0) is 24.6 Å². The van der Waals surface area contributed by atoms with Gasteiger partial charge in [-0.3, -0.25) is 9.36 Å². The molecular formula is C19H18N4O. The topological polar surface area (TPSA) is 59.0 Å². The summed E-state index contributed by atoms with van der Waals surface area (Å²) in [7, 11) is 1.66. The third-order valence-corrected chi connectivity index (χ3v) is 4.42. The number of para-hydroxylation sites is 2. The zero-order valence-corrected chi connectivity index (χ0v) is 13.6. The van der Waals surface area contributed by atoms with E-state index in [0.717, 1.165) is 28.2 Å². The lowest BCUT2D eigenvalue weighted by Crippen LogP contribution is -2.32. The molecular weight excluding hydrogens is 300 g/mol. The third kappa shape index (κ3) is 2.09. The van der Waals surface area contributed by atoms with Crippen LogP contribution in [0.4, 0.5) is 5.95 Å². The van der Waals surface area contributed by atoms with Crippen molar-refractivity contribution in [2.24, 2.45) is 0 Å². The molecule has 2 N–H and O–H groups in total. The molecule has 0 fully saturated rings. The Morgan fingerprint density at radius 3 is 2.58 bits per heavy atom. The monoisotopic (exact) mass is 318 g/mol. The van der Waals surface area contributed by atoms with Gasteiger partial charge in [0.25, 0.3) is 5.91 Å². The van der Waals surface area contributed by atoms with E-state index in [4.69, 9.17) is 0 Å². The molecule has 0 spiro atoms. The van der Waals surface area contributed by atoms with Crippen molar-refractivity contribution in [3.63, 3.8) is 0 Å². The number of aromatic nitrogens is 2. The average Bonchev–Trinajstić information content (AvgIpc) is 2.98. The summed E-state index contributed by atoms with van der Waals surface area (Å²) in [5, 5.41) is 6.05. The maximum Gasteiger partial charge on any atom is 0.251 e. The van der Waals surface area contributed by atoms with Crippen molar-refractivity contribution in [1.29, 1.82) is 0 Å². The molecule has 0 bridgehead atoms. The molecule has 5 nitrogen and oxygen atoms in total. The van der Waals surface area contributed by atoms with Crippen molar-refractivity contribution in [2.75, 3.05) is 12.4 Å². The molecule has 1 amide bonds. The summed E-state index contributed by atoms with van der Waals surface area (Å²) in [5.41, 5.74) is 4.50. The fourth-order valence-electron chi connectivity index (χ4n) is 3.34. The Labute approximate surface area is 140 Å². The molecule has 0 saturated heterocycles. The van der Waals surface area contributed by atoms with Gasteiger partial charge in [0.05, 0.1) is 22.6 Å². The number of imidazole rings is 1. The van der Waals surface area contributed by atoms with Gasteiger partial charge in [0.1, 0.15) is 0 Å². The van der Waals surface area contributed by atoms with E-state index in [1.807, 2.05) is 61.5 Å². The lowest BCUT2D eigenvalue weighted by Gasteiger charge is -2.30. The number of nitrogens with one attached hydrogen (secondary N) is 2. The molecule has 1 aromatic heterocycles. The summed E-state index contributed by atoms with van der Waals surface area (Å²) in [6, 6.07) is 17.8. The Hall–Kier alpha value is -3.08. The van der Waals surface area contributed by atoms with Crippen LogP contribution in [0.25, 0.3) is 11.0 Å². The molecule has 2 heterocycles. The van der Waals surface area contributed by atoms with E-state index in [1.165, 1.54) is 0 Å². The van der Waals surface area contributed by atoms with Gasteiger partial charge in [-0.25, -0.2) is 4.98 Å². The van der Waals surface area contributed by atoms with Gasteiger partial charge >= 0.3 is 0 Å². The van der Waals surface area contributed by atoms with Gasteiger partial charge in [-0.15, -0.1) is 0 Å². The van der Waals surface area contributed by atoms with E-state index >= 15 is 0 Å². The highest BCUT2D eigenvalue weighted by Crippen LogP contribution is 2.38. The average molecular weight is 318 g/mol. The molecule has 4 rings (SSSR count). The Balaban J connectivity index is 2.02. The standard InChI is InChI=1S/C19H18N4O/c1-12-16(18(24)20-2)17(13-8-4-3-5-9-13)23-15-11-7-6-10-14(15)22-19(23)21-12/h3-11,17H,1-2H3,(H,20,24)(H,21,22)/t17-/m1/s1. The summed E-state index contributed by atoms with van der Waals surface area (Å²) in [4.78, 5) is 17.3. The Kier molecular flexibility index (Phi) is 3.34. The number of benzene rings is 2. The van der Waals surface area contributed by atoms with Crippen molar-refractivity contribution < 1.29 is 4.79 Å². The van der Waals surface area contributed by atoms with Crippen LogP contribution in [0.2, 0.25) is 0 Å². The molecule has 0 radical (unpaired) electrons. The first kappa shape index (κ1) is 14.5. The third-order valence-electron chi connectivity index (χ3n) is 4.42. The normalized spacial score (nSPS) is 16.7. The minimum atomic E-state index is -0.213. The van der Waals surface area contributed by atoms with Crippen LogP contribution in [0.1, 0.15) is 18.5 Å². The lowest BCUT2D eigenvalue weighted by molar-refractivity contribution is -0.117. The molecule has 2 aromatic carbocycles. The SMILES string of the molecule is CNC(=O)C1=C(C)Nc2nc3ccccc3n2[C@@H]1c1ccccc1. The summed E-state index contributed by atoms with van der Waals surface area (Å²) >= 11 is 0. The summed E-state index contributed by atoms with van der Waals surface area (Å²) in [5.74, 6) is 0.674. The van der Waals surface area contributed by atoms with Crippen LogP contribution < -0.4 is 10.6 Å². The minimum Gasteiger partial charge on any atom is -0.355 e. The van der Waals surface area contributed by atoms with Crippen molar-refractivity contribution in [1.82, 2.24) is 14.9 Å². The van der Waals surface area contributed by atoms with Gasteiger partial charge in [-0.2, -0.15) is 0 Å². The first-order chi connectivity index (χ1) is 11.7. The highest BCUT2D eigenvalue weighted by molar-refractivity contribution is 5.97. The van der Waals surface area contributed by atoms with Gasteiger partial charge in [0, 0.05) is 12.7 Å². The van der Waals surface area contributed by atoms with Crippen LogP contribution in [0.5, 0.6) is 0 Å². The number of anilines is 1. The smallest absolute Gasteiger partial charge is 0.251 e. The van der Waals surface area contributed by atoms with Gasteiger partial charge in [0.2, 0.25) is 5.95 Å². The van der Waals surface area contributed by atoms with Gasteiger partial charge in [0.15, 0.2) is 0 Å². The van der Waals surface area contributed by atoms with Crippen LogP contribution in [-0.4, -0.2) is 22.5 Å². The molecule has 1 aliphatic rings. The molecule has 0 unspecified atom stereocenters. The Morgan fingerprint density at radius 1 is 1.12 bits per heavy atom. The van der Waals surface area contributed by atoms with E-state index in [0.29, 0.717) is 5.57 Å². The maximum atomic E-state index is 12.6. The summed E-state index contributed by atoms with van der Waals surface area (Å²) < 4.78 is 2.10. The first-order valence-corrected chi connectivity index (χ1v) is 7.92. The zero-order valence-electron chi connectivity index (χ0n) is 13.6. The molecule has 24 heavy (non-hydrogen) atoms. The second-order valence-corrected chi connectivity index (χ2v) is 5.85. The quantitative estimate of drug-likeness (QED) is 0.763. The number of nitrogens with zero attached hydrogens (tertiary/aromatic N) is 2. The zero-order chi connectivity index (χ0) is 16.7. The fourth-order valence-corrected chi connectivity index (χ4v) is 3.34. The number of carbonyl (C=O) groups is 1. The first-order valence-electron chi connectivity index (χ1n) is 7.92. The van der Waals surface area contributed by atoms with E-state index in [-0.39, 0.29) is 11.9 Å². The minimum absolute atomic E-state index is 0.0858. The van der Waals surface area contributed by atoms with Crippen molar-refractivity contribution in [2.45, 2.75) is 13.0 Å². The number of hydrogen-bond acceptors (Lipinski definition) is 3. The molecule has 1 atom stereocenters. The molecule has 1 aliphatic heterocycles. The highest BCUT2D eigenvalue weighted by Gasteiger charge is 2.33. The fraction of sp³-hybridized carbons (Fsp3) is 0.158. The molecule has 120 valence electrons. The number of likely N-dealkylation sites (N-methyl/N-ethyl adjacent to an activating group) is 1. The summed E-state index contributed by atoms with van der Waals surface area (Å²) in [6.07, 6.45) is 0. The largest absolute Gasteiger partial charge is 0.355 e. The molecule has 5 heteroatoms. The van der Waals surface area contributed by atoms with Crippen molar-refractivity contribution in [3.05, 3.63) is 71.4 Å². The predicted molar refractivity (Wildman–Crippen MR) is 94.7 cm³/mol. The maximum absolute atomic E-state index is 12.6. The van der Waals surface area contributed by atoms with Crippen molar-refractivity contribution >= 4 is 22.9 Å². The molecule has 3 aromatic rings. The van der Waals surface area contributed by atoms with E-state index in [9.17, 15) is 4.79 Å². The van der Waals surface area contributed by atoms with Crippen LogP contribution >= 0.6 is 0 Å². The lowest BCUT2D eigenvalue weighted by atomic mass is 9.94. The predicted octanol–water partition coefficient (Wildman–Crippen LogP) is 3.07. The highest BCUT2D eigenvalue weighted by atomic mass is 16.1. The van der Waals surface area contributed by atoms with E-state index in [1.54, 1.807) is 7.05 Å². The Morgan fingerprint density at radius 2 is 1.83 bits per heavy atom. The number of amides is 1. The summed E-state index contributed by atoms with van der Waals surface area (Å²) in [6.45, 7) is 1.92. The van der Waals surface area contributed by atoms with Crippen LogP contribution in [0, 0.1) is 0 Å². The second-order valence-electron chi connectivity index (χ2n) is 5.85. The van der Waals surface area contributed by atoms with E-state index < -0.39 is 0 Å². The van der Waals surface area contributed by atoms with Gasteiger partial charge < -0.3 is 10.6 Å². The van der Waals surface area contributed by atoms with Gasteiger partial charge in [-0.1, -0.05) is 42.5 Å². The second kappa shape index (κ2) is 5.53. The number of fused-ring (bicyclic) bond motifs is 3. The number of hydrogen-bond donors (Lipinski definition) is 2. The van der Waals surface area contributed by atoms with Crippen LogP contribution in [0.3, 0.4) is 0 Å². The number of rotatable bonds is 2. The molecule has 0 aliphatic carbocycles. The Bertz CT molecular complexity index is 956. The van der Waals surface area contributed by atoms with Crippen LogP contribution in [0.15, 0.2) is 65.9 Å². The molecule has 0 saturated carbocycles. The van der Waals surface area contributed by atoms with E-state index in [2.05, 4.69) is 20.2 Å². The van der Waals surface area contributed by atoms with Crippen LogP contribution in [-0.2, 0) is 4.79 Å².